The summed E-state index contributed by atoms with van der Waals surface area (Å²) in [5, 5.41) is 0.514. The molecule has 10 nitrogen and oxygen atoms in total. The molecule has 1 aromatic heterocycles. The Morgan fingerprint density at radius 3 is 2.18 bits per heavy atom. The van der Waals surface area contributed by atoms with E-state index in [9.17, 15) is 21.6 Å². The van der Waals surface area contributed by atoms with Crippen molar-refractivity contribution in [1.29, 1.82) is 0 Å². The zero-order valence-corrected chi connectivity index (χ0v) is 19.4. The molecule has 12 heteroatoms. The minimum absolute atomic E-state index is 0.0394. The molecule has 178 valence electrons. The lowest BCUT2D eigenvalue weighted by Crippen LogP contribution is -2.19. The SMILES string of the molecule is CN(C)CCOc1cccc(-c2cc(=O)c3ccccc3o2)c1.O=S(=O)(O)/C=C\S(=O)(=O)O. The van der Waals surface area contributed by atoms with E-state index in [1.807, 2.05) is 50.5 Å². The van der Waals surface area contributed by atoms with Gasteiger partial charge in [-0.05, 0) is 38.4 Å². The molecule has 0 saturated heterocycles. The molecule has 0 spiro atoms. The highest BCUT2D eigenvalue weighted by Gasteiger charge is 2.07. The summed E-state index contributed by atoms with van der Waals surface area (Å²) in [6.07, 6.45) is 0. The Labute approximate surface area is 191 Å². The average molecular weight is 498 g/mol. The number of hydrogen-bond donors (Lipinski definition) is 2. The van der Waals surface area contributed by atoms with Crippen molar-refractivity contribution >= 4 is 31.2 Å². The molecular formula is C21H23NO9S2. The van der Waals surface area contributed by atoms with Gasteiger partial charge in [0, 0.05) is 18.2 Å². The van der Waals surface area contributed by atoms with E-state index in [0.29, 0.717) is 23.3 Å². The molecule has 0 amide bonds. The van der Waals surface area contributed by atoms with Gasteiger partial charge in [0.05, 0.1) is 16.2 Å². The van der Waals surface area contributed by atoms with Gasteiger partial charge in [0.15, 0.2) is 5.43 Å². The number of ether oxygens (including phenoxy) is 1. The Balaban J connectivity index is 0.000000328. The molecule has 3 aromatic rings. The molecular weight excluding hydrogens is 474 g/mol. The largest absolute Gasteiger partial charge is 0.492 e. The van der Waals surface area contributed by atoms with E-state index in [1.54, 1.807) is 12.1 Å². The monoisotopic (exact) mass is 497 g/mol. The standard InChI is InChI=1S/C19H19NO3.C2H4O6S2/c1-20(2)10-11-22-15-7-5-6-14(12-15)19-13-17(21)16-8-3-4-9-18(16)23-19;3-9(4,5)1-2-10(6,7)8/h3-9,12-13H,10-11H2,1-2H3;1-2H,(H,3,4,5)(H,6,7,8)/b;2-1-. The first kappa shape index (κ1) is 26.2. The molecule has 0 radical (unpaired) electrons. The van der Waals surface area contributed by atoms with Crippen LogP contribution in [0.15, 0.2) is 74.6 Å². The zero-order valence-electron chi connectivity index (χ0n) is 17.8. The van der Waals surface area contributed by atoms with Crippen molar-refractivity contribution in [3.63, 3.8) is 0 Å². The van der Waals surface area contributed by atoms with E-state index < -0.39 is 20.2 Å². The maximum Gasteiger partial charge on any atom is 0.288 e. The second-order valence-corrected chi connectivity index (χ2v) is 9.56. The number of rotatable bonds is 7. The van der Waals surface area contributed by atoms with E-state index in [0.717, 1.165) is 17.9 Å². The number of likely N-dealkylation sites (N-methyl/N-ethyl adjacent to an activating group) is 1. The number of benzene rings is 2. The second kappa shape index (κ2) is 11.2. The van der Waals surface area contributed by atoms with E-state index in [2.05, 4.69) is 4.90 Å². The Kier molecular flexibility index (Phi) is 8.91. The number of fused-ring (bicyclic) bond motifs is 1. The smallest absolute Gasteiger partial charge is 0.288 e. The van der Waals surface area contributed by atoms with Crippen LogP contribution in [0.2, 0.25) is 0 Å². The molecule has 0 saturated carbocycles. The van der Waals surface area contributed by atoms with Crippen LogP contribution in [-0.2, 0) is 20.2 Å². The van der Waals surface area contributed by atoms with Gasteiger partial charge in [-0.2, -0.15) is 16.8 Å². The molecule has 0 bridgehead atoms. The van der Waals surface area contributed by atoms with Gasteiger partial charge in [-0.25, -0.2) is 0 Å². The van der Waals surface area contributed by atoms with Gasteiger partial charge in [-0.3, -0.25) is 13.9 Å². The Bertz CT molecular complexity index is 1360. The summed E-state index contributed by atoms with van der Waals surface area (Å²) in [7, 11) is -4.95. The van der Waals surface area contributed by atoms with Gasteiger partial charge in [0.25, 0.3) is 20.2 Å². The van der Waals surface area contributed by atoms with Crippen molar-refractivity contribution in [3.05, 3.63) is 75.6 Å². The molecule has 2 aromatic carbocycles. The predicted molar refractivity (Wildman–Crippen MR) is 124 cm³/mol. The van der Waals surface area contributed by atoms with Crippen molar-refractivity contribution in [3.8, 4) is 17.1 Å². The fraction of sp³-hybridized carbons (Fsp3) is 0.190. The van der Waals surface area contributed by atoms with Crippen molar-refractivity contribution in [2.24, 2.45) is 0 Å². The van der Waals surface area contributed by atoms with Crippen LogP contribution in [0.5, 0.6) is 5.75 Å². The van der Waals surface area contributed by atoms with Gasteiger partial charge >= 0.3 is 0 Å². The molecule has 1 heterocycles. The summed E-state index contributed by atoms with van der Waals surface area (Å²) < 4.78 is 66.5. The number of nitrogens with zero attached hydrogens (tertiary/aromatic N) is 1. The van der Waals surface area contributed by atoms with E-state index in [4.69, 9.17) is 18.3 Å². The topological polar surface area (TPSA) is 151 Å². The van der Waals surface area contributed by atoms with Crippen molar-refractivity contribution < 1.29 is 35.1 Å². The highest BCUT2D eigenvalue weighted by molar-refractivity contribution is 7.92. The van der Waals surface area contributed by atoms with Gasteiger partial charge in [0.2, 0.25) is 0 Å². The lowest BCUT2D eigenvalue weighted by Gasteiger charge is -2.11. The molecule has 0 aliphatic rings. The number of para-hydroxylation sites is 1. The highest BCUT2D eigenvalue weighted by Crippen LogP contribution is 2.25. The molecule has 0 atom stereocenters. The molecule has 2 N–H and O–H groups in total. The maximum absolute atomic E-state index is 12.2. The van der Waals surface area contributed by atoms with Crippen LogP contribution in [0.25, 0.3) is 22.3 Å². The Morgan fingerprint density at radius 2 is 1.58 bits per heavy atom. The van der Waals surface area contributed by atoms with E-state index in [-0.39, 0.29) is 16.2 Å². The zero-order chi connectivity index (χ0) is 24.6. The van der Waals surface area contributed by atoms with Crippen LogP contribution < -0.4 is 10.2 Å². The molecule has 0 aliphatic heterocycles. The van der Waals surface area contributed by atoms with Crippen molar-refractivity contribution in [2.45, 2.75) is 0 Å². The first-order valence-electron chi connectivity index (χ1n) is 9.38. The minimum Gasteiger partial charge on any atom is -0.492 e. The predicted octanol–water partition coefficient (Wildman–Crippen LogP) is 2.63. The Hall–Kier alpha value is -3.03. The van der Waals surface area contributed by atoms with Gasteiger partial charge < -0.3 is 14.1 Å². The quantitative estimate of drug-likeness (QED) is 0.466. The molecule has 0 fully saturated rings. The summed E-state index contributed by atoms with van der Waals surface area (Å²) in [5.41, 5.74) is 1.38. The second-order valence-electron chi connectivity index (χ2n) is 6.95. The van der Waals surface area contributed by atoms with Crippen LogP contribution in [0.4, 0.5) is 0 Å². The van der Waals surface area contributed by atoms with Gasteiger partial charge in [-0.1, -0.05) is 24.3 Å². The molecule has 0 aliphatic carbocycles. The third-order valence-corrected chi connectivity index (χ3v) is 5.09. The first-order chi connectivity index (χ1) is 15.3. The lowest BCUT2D eigenvalue weighted by atomic mass is 10.1. The summed E-state index contributed by atoms with van der Waals surface area (Å²) in [6.45, 7) is 1.45. The third-order valence-electron chi connectivity index (χ3n) is 3.96. The molecule has 33 heavy (non-hydrogen) atoms. The van der Waals surface area contributed by atoms with Crippen LogP contribution in [0.3, 0.4) is 0 Å². The molecule has 3 rings (SSSR count). The fourth-order valence-electron chi connectivity index (χ4n) is 2.47. The molecule has 0 unspecified atom stereocenters. The average Bonchev–Trinajstić information content (AvgIpc) is 2.72. The minimum atomic E-state index is -4.48. The van der Waals surface area contributed by atoms with Crippen LogP contribution in [-0.4, -0.2) is 58.1 Å². The summed E-state index contributed by atoms with van der Waals surface area (Å²) in [6, 6.07) is 16.4. The normalized spacial score (nSPS) is 12.0. The van der Waals surface area contributed by atoms with Crippen LogP contribution in [0, 0.1) is 0 Å². The van der Waals surface area contributed by atoms with Crippen molar-refractivity contribution in [1.82, 2.24) is 4.90 Å². The number of hydrogen-bond acceptors (Lipinski definition) is 8. The van der Waals surface area contributed by atoms with Gasteiger partial charge in [-0.15, -0.1) is 0 Å². The summed E-state index contributed by atoms with van der Waals surface area (Å²) in [4.78, 5) is 14.3. The van der Waals surface area contributed by atoms with Crippen LogP contribution in [0.1, 0.15) is 0 Å². The van der Waals surface area contributed by atoms with Gasteiger partial charge in [0.1, 0.15) is 23.7 Å². The third kappa shape index (κ3) is 9.55. The first-order valence-corrected chi connectivity index (χ1v) is 12.4. The van der Waals surface area contributed by atoms with Crippen LogP contribution >= 0.6 is 0 Å². The van der Waals surface area contributed by atoms with Crippen molar-refractivity contribution in [2.75, 3.05) is 27.2 Å². The Morgan fingerprint density at radius 1 is 0.939 bits per heavy atom. The maximum atomic E-state index is 12.2. The lowest BCUT2D eigenvalue weighted by molar-refractivity contribution is 0.261. The summed E-state index contributed by atoms with van der Waals surface area (Å²) >= 11 is 0. The highest BCUT2D eigenvalue weighted by atomic mass is 32.2. The summed E-state index contributed by atoms with van der Waals surface area (Å²) in [5.74, 6) is 1.31. The van der Waals surface area contributed by atoms with E-state index in [1.165, 1.54) is 6.07 Å². The van der Waals surface area contributed by atoms with E-state index >= 15 is 0 Å². The fourth-order valence-corrected chi connectivity index (χ4v) is 3.60.